The number of rotatable bonds is 3. The molecule has 0 saturated carbocycles. The van der Waals surface area contributed by atoms with Crippen LogP contribution >= 0.6 is 0 Å². The molecule has 0 aliphatic heterocycles. The van der Waals surface area contributed by atoms with Gasteiger partial charge in [-0.05, 0) is 18.6 Å². The molecule has 0 aliphatic carbocycles. The van der Waals surface area contributed by atoms with Gasteiger partial charge in [0.2, 0.25) is 0 Å². The van der Waals surface area contributed by atoms with Crippen molar-refractivity contribution in [3.05, 3.63) is 35.1 Å². The van der Waals surface area contributed by atoms with E-state index in [1.807, 2.05) is 26.8 Å². The van der Waals surface area contributed by atoms with Crippen molar-refractivity contribution in [1.82, 2.24) is 0 Å². The fraction of sp³-hybridized carbons (Fsp3) is 0.455. The van der Waals surface area contributed by atoms with Gasteiger partial charge in [-0.15, -0.1) is 0 Å². The molecule has 2 N–H and O–H groups in total. The maximum atomic E-state index is 13.5. The maximum absolute atomic E-state index is 13.5. The summed E-state index contributed by atoms with van der Waals surface area (Å²) in [4.78, 5) is 4.59. The van der Waals surface area contributed by atoms with E-state index in [1.54, 1.807) is 6.07 Å². The van der Waals surface area contributed by atoms with Crippen LogP contribution in [0.25, 0.3) is 0 Å². The Morgan fingerprint density at radius 2 is 2.07 bits per heavy atom. The first-order valence-electron chi connectivity index (χ1n) is 4.55. The van der Waals surface area contributed by atoms with Crippen molar-refractivity contribution >= 4 is 0 Å². The topological polar surface area (TPSA) is 35.2 Å². The quantitative estimate of drug-likeness (QED) is 0.754. The summed E-state index contributed by atoms with van der Waals surface area (Å²) in [6.07, 6.45) is 0. The highest BCUT2D eigenvalue weighted by Gasteiger charge is 2.24. The molecule has 1 rings (SSSR count). The normalized spacial score (nSPS) is 11.8. The second-order valence-corrected chi connectivity index (χ2v) is 4.18. The second-order valence-electron chi connectivity index (χ2n) is 4.18. The van der Waals surface area contributed by atoms with Gasteiger partial charge in [0, 0.05) is 5.41 Å². The lowest BCUT2D eigenvalue weighted by Crippen LogP contribution is -2.27. The summed E-state index contributed by atoms with van der Waals surface area (Å²) in [5.41, 5.74) is 1.28. The zero-order valence-electron chi connectivity index (χ0n) is 8.80. The first kappa shape index (κ1) is 11.1. The Morgan fingerprint density at radius 1 is 1.43 bits per heavy atom. The summed E-state index contributed by atoms with van der Waals surface area (Å²) in [6, 6.07) is 5.05. The van der Waals surface area contributed by atoms with Gasteiger partial charge in [-0.2, -0.15) is 0 Å². The lowest BCUT2D eigenvalue weighted by Gasteiger charge is -2.24. The van der Waals surface area contributed by atoms with Crippen LogP contribution in [0.15, 0.2) is 18.2 Å². The van der Waals surface area contributed by atoms with Crippen LogP contribution in [0.3, 0.4) is 0 Å². The van der Waals surface area contributed by atoms with E-state index in [2.05, 4.69) is 4.84 Å². The van der Waals surface area contributed by atoms with Crippen molar-refractivity contribution in [3.63, 3.8) is 0 Å². The lowest BCUT2D eigenvalue weighted by atomic mass is 9.84. The molecule has 0 saturated heterocycles. The maximum Gasteiger partial charge on any atom is 0.127 e. The number of hydrogen-bond acceptors (Lipinski definition) is 2. The van der Waals surface area contributed by atoms with E-state index in [4.69, 9.17) is 5.90 Å². The van der Waals surface area contributed by atoms with Gasteiger partial charge < -0.3 is 4.84 Å². The van der Waals surface area contributed by atoms with Gasteiger partial charge in [-0.25, -0.2) is 10.3 Å². The van der Waals surface area contributed by atoms with Crippen molar-refractivity contribution in [2.45, 2.75) is 26.2 Å². The molecule has 78 valence electrons. The summed E-state index contributed by atoms with van der Waals surface area (Å²) < 4.78 is 13.5. The highest BCUT2D eigenvalue weighted by atomic mass is 19.1. The van der Waals surface area contributed by atoms with E-state index in [0.29, 0.717) is 12.2 Å². The van der Waals surface area contributed by atoms with Crippen molar-refractivity contribution in [2.75, 3.05) is 6.61 Å². The molecular weight excluding hydrogens is 181 g/mol. The van der Waals surface area contributed by atoms with Gasteiger partial charge in [0.1, 0.15) is 5.82 Å². The van der Waals surface area contributed by atoms with Crippen LogP contribution in [0.4, 0.5) is 4.39 Å². The van der Waals surface area contributed by atoms with Crippen LogP contribution in [-0.2, 0) is 10.3 Å². The van der Waals surface area contributed by atoms with Crippen LogP contribution in [0.5, 0.6) is 0 Å². The summed E-state index contributed by atoms with van der Waals surface area (Å²) in [5, 5.41) is 0. The summed E-state index contributed by atoms with van der Waals surface area (Å²) >= 11 is 0. The number of hydrogen-bond donors (Lipinski definition) is 1. The smallest absolute Gasteiger partial charge is 0.127 e. The van der Waals surface area contributed by atoms with Gasteiger partial charge in [0.25, 0.3) is 0 Å². The third-order valence-corrected chi connectivity index (χ3v) is 2.30. The van der Waals surface area contributed by atoms with Crippen LogP contribution < -0.4 is 5.90 Å². The van der Waals surface area contributed by atoms with Gasteiger partial charge in [-0.1, -0.05) is 31.5 Å². The first-order chi connectivity index (χ1) is 6.47. The molecule has 0 atom stereocenters. The second kappa shape index (κ2) is 4.07. The van der Waals surface area contributed by atoms with Crippen LogP contribution in [0, 0.1) is 12.7 Å². The molecule has 3 heteroatoms. The van der Waals surface area contributed by atoms with E-state index in [-0.39, 0.29) is 5.82 Å². The SMILES string of the molecule is Cc1ccc(F)c(C(C)(C)CON)c1. The first-order valence-corrected chi connectivity index (χ1v) is 4.55. The Morgan fingerprint density at radius 3 is 2.64 bits per heavy atom. The van der Waals surface area contributed by atoms with Crippen LogP contribution in [0.1, 0.15) is 25.0 Å². The molecule has 0 amide bonds. The van der Waals surface area contributed by atoms with E-state index in [9.17, 15) is 4.39 Å². The van der Waals surface area contributed by atoms with Crippen molar-refractivity contribution in [2.24, 2.45) is 5.90 Å². The molecule has 0 radical (unpaired) electrons. The average Bonchev–Trinajstić information content (AvgIpc) is 2.09. The zero-order valence-corrected chi connectivity index (χ0v) is 8.80. The summed E-state index contributed by atoms with van der Waals surface area (Å²) in [6.45, 7) is 6.03. The minimum Gasteiger partial charge on any atom is -0.304 e. The highest BCUT2D eigenvalue weighted by molar-refractivity contribution is 5.30. The molecule has 0 heterocycles. The molecule has 0 aliphatic rings. The number of aryl methyl sites for hydroxylation is 1. The zero-order chi connectivity index (χ0) is 10.8. The largest absolute Gasteiger partial charge is 0.304 e. The molecule has 0 bridgehead atoms. The highest BCUT2D eigenvalue weighted by Crippen LogP contribution is 2.26. The molecule has 1 aromatic carbocycles. The van der Waals surface area contributed by atoms with Gasteiger partial charge in [-0.3, -0.25) is 0 Å². The number of nitrogens with two attached hydrogens (primary N) is 1. The third-order valence-electron chi connectivity index (χ3n) is 2.30. The lowest BCUT2D eigenvalue weighted by molar-refractivity contribution is 0.0950. The molecule has 0 fully saturated rings. The van der Waals surface area contributed by atoms with E-state index < -0.39 is 5.41 Å². The molecule has 14 heavy (non-hydrogen) atoms. The van der Waals surface area contributed by atoms with Crippen molar-refractivity contribution in [3.8, 4) is 0 Å². The Kier molecular flexibility index (Phi) is 3.24. The molecule has 0 aromatic heterocycles. The summed E-state index contributed by atoms with van der Waals surface area (Å²) in [5.74, 6) is 4.81. The predicted octanol–water partition coefficient (Wildman–Crippen LogP) is 2.30. The van der Waals surface area contributed by atoms with Gasteiger partial charge >= 0.3 is 0 Å². The Bertz CT molecular complexity index is 323. The van der Waals surface area contributed by atoms with Crippen LogP contribution in [-0.4, -0.2) is 6.61 Å². The Labute approximate surface area is 83.8 Å². The minimum absolute atomic E-state index is 0.211. The molecule has 0 unspecified atom stereocenters. The Balaban J connectivity index is 3.10. The fourth-order valence-corrected chi connectivity index (χ4v) is 1.44. The molecular formula is C11H16FNO. The Hall–Kier alpha value is -0.930. The monoisotopic (exact) mass is 197 g/mol. The van der Waals surface area contributed by atoms with Crippen molar-refractivity contribution < 1.29 is 9.23 Å². The number of halogens is 1. The van der Waals surface area contributed by atoms with Gasteiger partial charge in [0.05, 0.1) is 6.61 Å². The average molecular weight is 197 g/mol. The fourth-order valence-electron chi connectivity index (χ4n) is 1.44. The van der Waals surface area contributed by atoms with E-state index in [0.717, 1.165) is 5.56 Å². The van der Waals surface area contributed by atoms with Crippen molar-refractivity contribution in [1.29, 1.82) is 0 Å². The molecule has 2 nitrogen and oxygen atoms in total. The van der Waals surface area contributed by atoms with E-state index in [1.165, 1.54) is 6.07 Å². The van der Waals surface area contributed by atoms with Gasteiger partial charge in [0.15, 0.2) is 0 Å². The molecule has 1 aromatic rings. The molecule has 0 spiro atoms. The standard InChI is InChI=1S/C11H16FNO/c1-8-4-5-10(12)9(6-8)11(2,3)7-14-13/h4-6H,7,13H2,1-3H3. The predicted molar refractivity (Wildman–Crippen MR) is 54.3 cm³/mol. The van der Waals surface area contributed by atoms with E-state index >= 15 is 0 Å². The van der Waals surface area contributed by atoms with Crippen LogP contribution in [0.2, 0.25) is 0 Å². The summed E-state index contributed by atoms with van der Waals surface area (Å²) in [7, 11) is 0. The number of benzene rings is 1. The third kappa shape index (κ3) is 2.30. The minimum atomic E-state index is -0.398.